The molecule has 0 aliphatic carbocycles. The Bertz CT molecular complexity index is 1070. The average molecular weight is 462 g/mol. The maximum atomic E-state index is 9.79. The molecule has 2 heterocycles. The number of aliphatic hydroxyl groups is 1. The van der Waals surface area contributed by atoms with Gasteiger partial charge in [0.1, 0.15) is 0 Å². The van der Waals surface area contributed by atoms with Crippen molar-refractivity contribution in [3.8, 4) is 22.5 Å². The molecule has 0 radical (unpaired) electrons. The van der Waals surface area contributed by atoms with Crippen LogP contribution in [0.15, 0.2) is 64.4 Å². The Labute approximate surface area is 229 Å². The topological polar surface area (TPSA) is 88.4 Å². The van der Waals surface area contributed by atoms with Gasteiger partial charge in [-0.2, -0.15) is 5.21 Å². The second kappa shape index (κ2) is 11.6. The number of benzene rings is 2. The van der Waals surface area contributed by atoms with Crippen molar-refractivity contribution in [2.24, 2.45) is 5.11 Å². The number of nitrogens with zero attached hydrogens (tertiary/aromatic N) is 6. The molecule has 0 spiro atoms. The van der Waals surface area contributed by atoms with Crippen molar-refractivity contribution in [3.63, 3.8) is 0 Å². The summed E-state index contributed by atoms with van der Waals surface area (Å²) in [6, 6.07) is 16.3. The van der Waals surface area contributed by atoms with E-state index in [0.717, 1.165) is 53.6 Å². The fraction of sp³-hybridized carbons (Fsp3) is 0.318. The van der Waals surface area contributed by atoms with Crippen LogP contribution in [-0.4, -0.2) is 44.5 Å². The summed E-state index contributed by atoms with van der Waals surface area (Å²) in [5.41, 5.74) is 4.93. The fourth-order valence-electron chi connectivity index (χ4n) is 3.72. The van der Waals surface area contributed by atoms with Gasteiger partial charge in [0.2, 0.25) is 11.2 Å². The molecule has 0 saturated carbocycles. The van der Waals surface area contributed by atoms with Crippen LogP contribution in [-0.2, 0) is 6.42 Å². The Morgan fingerprint density at radius 1 is 1.10 bits per heavy atom. The molecule has 0 bridgehead atoms. The van der Waals surface area contributed by atoms with Crippen molar-refractivity contribution in [2.75, 3.05) is 13.2 Å². The molecule has 9 heteroatoms. The molecule has 0 fully saturated rings. The van der Waals surface area contributed by atoms with E-state index in [0.29, 0.717) is 11.0 Å². The average Bonchev–Trinajstić information content (AvgIpc) is 3.41. The van der Waals surface area contributed by atoms with Gasteiger partial charge in [-0.15, -0.1) is 4.70 Å². The Morgan fingerprint density at radius 2 is 1.84 bits per heavy atom. The van der Waals surface area contributed by atoms with Gasteiger partial charge in [0.05, 0.1) is 12.2 Å². The number of aromatic nitrogens is 4. The molecule has 0 amide bonds. The van der Waals surface area contributed by atoms with Gasteiger partial charge < -0.3 is 10.2 Å². The van der Waals surface area contributed by atoms with Crippen molar-refractivity contribution in [1.82, 2.24) is 20.6 Å². The predicted molar refractivity (Wildman–Crippen MR) is 114 cm³/mol. The Hall–Kier alpha value is -1.26. The molecule has 154 valence electrons. The van der Waals surface area contributed by atoms with Crippen molar-refractivity contribution >= 4 is 11.6 Å². The number of azo groups is 2. The molecule has 1 aromatic heterocycles. The fourth-order valence-corrected chi connectivity index (χ4v) is 4.00. The molecule has 4 rings (SSSR count). The Kier molecular flexibility index (Phi) is 9.09. The monoisotopic (exact) mass is 461 g/mol. The standard InChI is InChI=1S/C22H23ClN6O.K/c1-2-3-12-29-20(19(14-30)21(23)26-29)13-15-8-10-16(11-9-15)17-6-4-5-7-18(17)22-24-27-28-25-22;/h4-11,20,30H,2-3,12-14H2,1H3;/q;+1. The van der Waals surface area contributed by atoms with E-state index >= 15 is 0 Å². The Morgan fingerprint density at radius 3 is 2.48 bits per heavy atom. The van der Waals surface area contributed by atoms with Gasteiger partial charge in [-0.25, -0.2) is 0 Å². The van der Waals surface area contributed by atoms with Crippen LogP contribution < -0.4 is 56.5 Å². The molecule has 7 nitrogen and oxygen atoms in total. The predicted octanol–water partition coefficient (Wildman–Crippen LogP) is 0.799. The van der Waals surface area contributed by atoms with E-state index in [1.807, 2.05) is 29.0 Å². The summed E-state index contributed by atoms with van der Waals surface area (Å²) < 4.78 is 2.01. The molecule has 1 aliphatic heterocycles. The summed E-state index contributed by atoms with van der Waals surface area (Å²) >= 11 is 6.27. The quantitative estimate of drug-likeness (QED) is 0.304. The van der Waals surface area contributed by atoms with Crippen molar-refractivity contribution in [3.05, 3.63) is 64.8 Å². The summed E-state index contributed by atoms with van der Waals surface area (Å²) in [6.07, 6.45) is 2.85. The maximum absolute atomic E-state index is 9.79. The van der Waals surface area contributed by atoms with Gasteiger partial charge in [-0.05, 0) is 22.3 Å². The smallest absolute Gasteiger partial charge is 0.392 e. The summed E-state index contributed by atoms with van der Waals surface area (Å²) in [5.74, 6) is 0.515. The number of aliphatic hydroxyl groups excluding tert-OH is 1. The number of hydrogen-bond donors (Lipinski definition) is 1. The minimum absolute atomic E-state index is 0. The maximum Gasteiger partial charge on any atom is 1.00 e. The van der Waals surface area contributed by atoms with E-state index in [-0.39, 0.29) is 64.0 Å². The van der Waals surface area contributed by atoms with E-state index in [9.17, 15) is 5.11 Å². The van der Waals surface area contributed by atoms with Crippen molar-refractivity contribution < 1.29 is 61.2 Å². The minimum Gasteiger partial charge on any atom is -0.392 e. The van der Waals surface area contributed by atoms with Crippen molar-refractivity contribution in [2.45, 2.75) is 32.2 Å². The van der Waals surface area contributed by atoms with Gasteiger partial charge in [-0.1, -0.05) is 73.5 Å². The minimum atomic E-state index is -0.0806. The number of tetrazole rings is 1. The van der Waals surface area contributed by atoms with Crippen LogP contribution >= 0.6 is 11.6 Å². The van der Waals surface area contributed by atoms with Crippen LogP contribution in [0.4, 0.5) is 0 Å². The molecule has 1 atom stereocenters. The zero-order valence-corrected chi connectivity index (χ0v) is 21.6. The van der Waals surface area contributed by atoms with Crippen LogP contribution in [0.1, 0.15) is 25.3 Å². The normalized spacial score (nSPS) is 15.7. The van der Waals surface area contributed by atoms with Crippen LogP contribution in [0.2, 0.25) is 0 Å². The molecule has 3 aromatic rings. The third-order valence-corrected chi connectivity index (χ3v) is 5.65. The van der Waals surface area contributed by atoms with Crippen LogP contribution in [0.5, 0.6) is 0 Å². The molecular weight excluding hydrogens is 439 g/mol. The Balaban J connectivity index is 0.00000272. The molecule has 1 N–H and O–H groups in total. The zero-order valence-electron chi connectivity index (χ0n) is 17.7. The molecule has 1 aliphatic rings. The van der Waals surface area contributed by atoms with Gasteiger partial charge >= 0.3 is 51.4 Å². The van der Waals surface area contributed by atoms with E-state index in [1.54, 1.807) is 0 Å². The number of halogens is 1. The molecule has 31 heavy (non-hydrogen) atoms. The number of unbranched alkanes of at least 4 members (excludes halogenated alkanes) is 1. The molecule has 0 saturated heterocycles. The van der Waals surface area contributed by atoms with Gasteiger partial charge in [0.15, 0.2) is 6.54 Å². The summed E-state index contributed by atoms with van der Waals surface area (Å²) in [6.45, 7) is 2.90. The van der Waals surface area contributed by atoms with E-state index < -0.39 is 0 Å². The van der Waals surface area contributed by atoms with E-state index in [1.165, 1.54) is 0 Å². The first-order chi connectivity index (χ1) is 14.7. The first kappa shape index (κ1) is 24.4. The molecule has 1 unspecified atom stereocenters. The zero-order chi connectivity index (χ0) is 20.9. The van der Waals surface area contributed by atoms with Crippen LogP contribution in [0, 0.1) is 0 Å². The van der Waals surface area contributed by atoms with Crippen molar-refractivity contribution in [1.29, 1.82) is 0 Å². The second-order valence-corrected chi connectivity index (χ2v) is 7.61. The molecular formula is C22H23ClKN6O+. The van der Waals surface area contributed by atoms with Gasteiger partial charge in [-0.3, -0.25) is 10.3 Å². The van der Waals surface area contributed by atoms with Crippen LogP contribution in [0.25, 0.3) is 22.5 Å². The summed E-state index contributed by atoms with van der Waals surface area (Å²) in [5, 5.41) is 29.8. The number of hydrogen-bond acceptors (Lipinski definition) is 5. The molecule has 2 aromatic carbocycles. The third kappa shape index (κ3) is 5.57. The first-order valence-electron chi connectivity index (χ1n) is 10.1. The summed E-state index contributed by atoms with van der Waals surface area (Å²) in [4.78, 5) is 0. The van der Waals surface area contributed by atoms with Gasteiger partial charge in [0.25, 0.3) is 0 Å². The van der Waals surface area contributed by atoms with Gasteiger partial charge in [0, 0.05) is 23.8 Å². The number of rotatable bonds is 8. The van der Waals surface area contributed by atoms with E-state index in [4.69, 9.17) is 11.6 Å². The van der Waals surface area contributed by atoms with E-state index in [2.05, 4.69) is 56.9 Å². The largest absolute Gasteiger partial charge is 1.00 e. The van der Waals surface area contributed by atoms with Crippen LogP contribution in [0.3, 0.4) is 0 Å². The third-order valence-electron chi connectivity index (χ3n) is 5.34. The first-order valence-corrected chi connectivity index (χ1v) is 10.4. The second-order valence-electron chi connectivity index (χ2n) is 7.26. The SMILES string of the molecule is CCCC[N+]1=NC(Cl)=C(CO)C1Cc1ccc(-c2ccccc2-c2nnn[n-]2)cc1.[K+]. The summed E-state index contributed by atoms with van der Waals surface area (Å²) in [7, 11) is 0.